The third-order valence-corrected chi connectivity index (χ3v) is 6.78. The fourth-order valence-corrected chi connectivity index (χ4v) is 4.96. The molecule has 5 nitrogen and oxygen atoms in total. The van der Waals surface area contributed by atoms with Gasteiger partial charge in [0.15, 0.2) is 0 Å². The highest BCUT2D eigenvalue weighted by Crippen LogP contribution is 2.34. The highest BCUT2D eigenvalue weighted by Gasteiger charge is 2.32. The van der Waals surface area contributed by atoms with E-state index in [1.807, 2.05) is 84.9 Å². The van der Waals surface area contributed by atoms with E-state index in [9.17, 15) is 9.59 Å². The van der Waals surface area contributed by atoms with Crippen molar-refractivity contribution in [3.05, 3.63) is 101 Å². The lowest BCUT2D eigenvalue weighted by atomic mass is 10.1. The minimum atomic E-state index is -0.192. The zero-order valence-corrected chi connectivity index (χ0v) is 20.4. The van der Waals surface area contributed by atoms with Crippen molar-refractivity contribution in [2.75, 3.05) is 18.6 Å². The predicted molar refractivity (Wildman–Crippen MR) is 142 cm³/mol. The molecule has 1 fully saturated rings. The normalized spacial score (nSPS) is 14.5. The molecule has 0 bridgehead atoms. The maximum atomic E-state index is 13.3. The van der Waals surface area contributed by atoms with Crippen LogP contribution in [0.5, 0.6) is 5.75 Å². The van der Waals surface area contributed by atoms with E-state index in [2.05, 4.69) is 0 Å². The lowest BCUT2D eigenvalue weighted by Gasteiger charge is -2.24. The topological polar surface area (TPSA) is 49.9 Å². The number of carbonyl (C=O) groups is 2. The van der Waals surface area contributed by atoms with E-state index in [-0.39, 0.29) is 24.8 Å². The van der Waals surface area contributed by atoms with Crippen LogP contribution in [0.3, 0.4) is 0 Å². The van der Waals surface area contributed by atoms with Gasteiger partial charge in [0.05, 0.1) is 18.6 Å². The number of nitrogens with zero attached hydrogens (tertiary/aromatic N) is 2. The third-order valence-electron chi connectivity index (χ3n) is 5.40. The zero-order valence-electron chi connectivity index (χ0n) is 18.7. The smallest absolute Gasteiger partial charge is 0.266 e. The summed E-state index contributed by atoms with van der Waals surface area (Å²) in [6.45, 7) is 0.681. The van der Waals surface area contributed by atoms with Gasteiger partial charge >= 0.3 is 0 Å². The second-order valence-electron chi connectivity index (χ2n) is 7.63. The van der Waals surface area contributed by atoms with Crippen LogP contribution in [0, 0.1) is 0 Å². The summed E-state index contributed by atoms with van der Waals surface area (Å²) in [6, 6.07) is 26.9. The maximum Gasteiger partial charge on any atom is 0.266 e. The molecule has 2 amide bonds. The fraction of sp³-hybridized carbons (Fsp3) is 0.148. The highest BCUT2D eigenvalue weighted by molar-refractivity contribution is 8.26. The summed E-state index contributed by atoms with van der Waals surface area (Å²) in [7, 11) is 1.59. The Kier molecular flexibility index (Phi) is 7.77. The molecule has 0 unspecified atom stereocenters. The zero-order chi connectivity index (χ0) is 23.9. The molecule has 34 heavy (non-hydrogen) atoms. The second kappa shape index (κ2) is 11.1. The average Bonchev–Trinajstić information content (AvgIpc) is 3.14. The summed E-state index contributed by atoms with van der Waals surface area (Å²) in [5.74, 6) is 0.420. The van der Waals surface area contributed by atoms with E-state index in [0.29, 0.717) is 21.5 Å². The number of thiocarbonyl (C=S) groups is 1. The molecule has 172 valence electrons. The average molecular weight is 489 g/mol. The molecule has 0 aliphatic carbocycles. The van der Waals surface area contributed by atoms with Gasteiger partial charge < -0.3 is 9.64 Å². The molecular formula is C27H24N2O3S2. The number of hydrogen-bond acceptors (Lipinski definition) is 5. The molecule has 3 aromatic rings. The number of thioether (sulfide) groups is 1. The Hall–Kier alpha value is -3.42. The number of para-hydroxylation sites is 2. The molecular weight excluding hydrogens is 464 g/mol. The van der Waals surface area contributed by atoms with Crippen molar-refractivity contribution in [2.45, 2.75) is 13.0 Å². The van der Waals surface area contributed by atoms with E-state index < -0.39 is 0 Å². The monoisotopic (exact) mass is 488 g/mol. The Labute approximate surface area is 209 Å². The minimum Gasteiger partial charge on any atom is -0.496 e. The first-order valence-corrected chi connectivity index (χ1v) is 12.1. The fourth-order valence-electron chi connectivity index (χ4n) is 3.66. The van der Waals surface area contributed by atoms with Crippen molar-refractivity contribution >= 4 is 51.9 Å². The Bertz CT molecular complexity index is 1210. The number of carbonyl (C=O) groups excluding carboxylic acids is 2. The van der Waals surface area contributed by atoms with E-state index in [0.717, 1.165) is 16.8 Å². The molecule has 1 aliphatic heterocycles. The Morgan fingerprint density at radius 3 is 2.35 bits per heavy atom. The molecule has 1 aliphatic rings. The number of anilines is 1. The van der Waals surface area contributed by atoms with Crippen LogP contribution in [-0.2, 0) is 16.1 Å². The number of amides is 2. The van der Waals surface area contributed by atoms with E-state index >= 15 is 0 Å². The Balaban J connectivity index is 1.47. The van der Waals surface area contributed by atoms with Gasteiger partial charge in [-0.1, -0.05) is 90.7 Å². The van der Waals surface area contributed by atoms with E-state index in [1.165, 1.54) is 16.7 Å². The lowest BCUT2D eigenvalue weighted by Crippen LogP contribution is -2.36. The number of rotatable bonds is 8. The summed E-state index contributed by atoms with van der Waals surface area (Å²) in [4.78, 5) is 30.1. The standard InChI is InChI=1S/C27H24N2O3S2/c1-32-23-15-9-8-12-21(23)18-24-26(31)28(27(33)34-24)17-16-25(30)29(22-13-6-3-7-14-22)19-20-10-4-2-5-11-20/h2-15,18H,16-17,19H2,1H3. The number of hydrogen-bond donors (Lipinski definition) is 0. The highest BCUT2D eigenvalue weighted by atomic mass is 32.2. The molecule has 4 rings (SSSR count). The molecule has 0 spiro atoms. The number of ether oxygens (including phenoxy) is 1. The third kappa shape index (κ3) is 5.55. The first-order valence-electron chi connectivity index (χ1n) is 10.8. The number of benzene rings is 3. The van der Waals surface area contributed by atoms with Gasteiger partial charge in [0.1, 0.15) is 10.1 Å². The number of methoxy groups -OCH3 is 1. The van der Waals surface area contributed by atoms with Crippen molar-refractivity contribution in [3.8, 4) is 5.75 Å². The van der Waals surface area contributed by atoms with Gasteiger partial charge in [-0.05, 0) is 29.8 Å². The van der Waals surface area contributed by atoms with Gasteiger partial charge in [0.25, 0.3) is 5.91 Å². The SMILES string of the molecule is COc1ccccc1C=C1SC(=S)N(CCC(=O)N(Cc2ccccc2)c2ccccc2)C1=O. The molecule has 0 saturated carbocycles. The quantitative estimate of drug-likeness (QED) is 0.309. The van der Waals surface area contributed by atoms with E-state index in [4.69, 9.17) is 17.0 Å². The van der Waals surface area contributed by atoms with Crippen LogP contribution in [0.4, 0.5) is 5.69 Å². The van der Waals surface area contributed by atoms with Crippen molar-refractivity contribution in [3.63, 3.8) is 0 Å². The second-order valence-corrected chi connectivity index (χ2v) is 9.30. The molecule has 3 aromatic carbocycles. The Morgan fingerprint density at radius 1 is 1.00 bits per heavy atom. The molecule has 0 atom stereocenters. The van der Waals surface area contributed by atoms with Crippen LogP contribution in [0.15, 0.2) is 89.8 Å². The van der Waals surface area contributed by atoms with Crippen LogP contribution < -0.4 is 9.64 Å². The molecule has 0 aromatic heterocycles. The van der Waals surface area contributed by atoms with Gasteiger partial charge in [0, 0.05) is 24.2 Å². The van der Waals surface area contributed by atoms with Crippen LogP contribution in [0.2, 0.25) is 0 Å². The molecule has 1 heterocycles. The first kappa shape index (κ1) is 23.7. The minimum absolute atomic E-state index is 0.0715. The molecule has 1 saturated heterocycles. The summed E-state index contributed by atoms with van der Waals surface area (Å²) >= 11 is 6.70. The van der Waals surface area contributed by atoms with Gasteiger partial charge in [-0.15, -0.1) is 0 Å². The molecule has 0 N–H and O–H groups in total. The lowest BCUT2D eigenvalue weighted by molar-refractivity contribution is -0.123. The van der Waals surface area contributed by atoms with Gasteiger partial charge in [0.2, 0.25) is 5.91 Å². The van der Waals surface area contributed by atoms with Gasteiger partial charge in [-0.3, -0.25) is 14.5 Å². The summed E-state index contributed by atoms with van der Waals surface area (Å²) in [5, 5.41) is 0. The first-order chi connectivity index (χ1) is 16.6. The van der Waals surface area contributed by atoms with Crippen molar-refractivity contribution in [1.29, 1.82) is 0 Å². The Morgan fingerprint density at radius 2 is 1.65 bits per heavy atom. The van der Waals surface area contributed by atoms with E-state index in [1.54, 1.807) is 18.1 Å². The predicted octanol–water partition coefficient (Wildman–Crippen LogP) is 5.52. The largest absolute Gasteiger partial charge is 0.496 e. The van der Waals surface area contributed by atoms with Crippen molar-refractivity contribution in [2.24, 2.45) is 0 Å². The maximum absolute atomic E-state index is 13.3. The van der Waals surface area contributed by atoms with Crippen LogP contribution in [-0.4, -0.2) is 34.7 Å². The van der Waals surface area contributed by atoms with Crippen molar-refractivity contribution < 1.29 is 14.3 Å². The summed E-state index contributed by atoms with van der Waals surface area (Å²) in [5.41, 5.74) is 2.66. The van der Waals surface area contributed by atoms with Gasteiger partial charge in [-0.2, -0.15) is 0 Å². The van der Waals surface area contributed by atoms with Crippen molar-refractivity contribution in [1.82, 2.24) is 4.90 Å². The van der Waals surface area contributed by atoms with Crippen LogP contribution in [0.25, 0.3) is 6.08 Å². The van der Waals surface area contributed by atoms with Crippen LogP contribution in [0.1, 0.15) is 17.5 Å². The summed E-state index contributed by atoms with van der Waals surface area (Å²) < 4.78 is 5.83. The van der Waals surface area contributed by atoms with Crippen LogP contribution >= 0.6 is 24.0 Å². The molecule has 7 heteroatoms. The molecule has 0 radical (unpaired) electrons. The summed E-state index contributed by atoms with van der Waals surface area (Å²) in [6.07, 6.45) is 1.95. The van der Waals surface area contributed by atoms with Gasteiger partial charge in [-0.25, -0.2) is 0 Å².